The summed E-state index contributed by atoms with van der Waals surface area (Å²) in [5.74, 6) is 1.39. The molecule has 4 rings (SSSR count). The van der Waals surface area contributed by atoms with Crippen molar-refractivity contribution in [2.24, 2.45) is 7.05 Å². The Balaban J connectivity index is 1.85. The summed E-state index contributed by atoms with van der Waals surface area (Å²) >= 11 is 1.55. The lowest BCUT2D eigenvalue weighted by atomic mass is 10.1. The van der Waals surface area contributed by atoms with Gasteiger partial charge in [-0.05, 0) is 24.0 Å². The van der Waals surface area contributed by atoms with Gasteiger partial charge in [0.15, 0.2) is 5.69 Å². The summed E-state index contributed by atoms with van der Waals surface area (Å²) in [6.07, 6.45) is 1.65. The molecule has 1 aliphatic rings. The lowest BCUT2D eigenvalue weighted by Crippen LogP contribution is -2.19. The molecular formula is C17H17N5OS. The number of para-hydroxylation sites is 1. The summed E-state index contributed by atoms with van der Waals surface area (Å²) in [7, 11) is 1.99. The predicted molar refractivity (Wildman–Crippen MR) is 94.1 cm³/mol. The van der Waals surface area contributed by atoms with Gasteiger partial charge in [0.05, 0.1) is 5.69 Å². The molecular weight excluding hydrogens is 322 g/mol. The molecule has 1 aliphatic heterocycles. The van der Waals surface area contributed by atoms with Gasteiger partial charge in [0, 0.05) is 24.5 Å². The van der Waals surface area contributed by atoms with Gasteiger partial charge in [0.25, 0.3) is 0 Å². The number of ether oxygens (including phenoxy) is 1. The molecule has 0 fully saturated rings. The molecule has 0 spiro atoms. The monoisotopic (exact) mass is 339 g/mol. The molecule has 3 aromatic rings. The van der Waals surface area contributed by atoms with Crippen molar-refractivity contribution in [3.63, 3.8) is 0 Å². The second kappa shape index (κ2) is 6.16. The number of anilines is 1. The average Bonchev–Trinajstić information content (AvgIpc) is 2.94. The fourth-order valence-electron chi connectivity index (χ4n) is 2.72. The Bertz CT molecular complexity index is 879. The van der Waals surface area contributed by atoms with Crippen LogP contribution in [-0.4, -0.2) is 25.5 Å². The number of aryl methyl sites for hydroxylation is 1. The first-order valence-electron chi connectivity index (χ1n) is 7.77. The SMILES string of the molecule is CCSc1nnc2c(n1)O[C@H](c1cccn1C)Nc1ccccc1-2. The molecule has 2 aromatic heterocycles. The zero-order valence-electron chi connectivity index (χ0n) is 13.4. The molecule has 122 valence electrons. The molecule has 0 saturated carbocycles. The molecule has 0 saturated heterocycles. The van der Waals surface area contributed by atoms with Crippen molar-refractivity contribution in [2.75, 3.05) is 11.1 Å². The van der Waals surface area contributed by atoms with Crippen LogP contribution in [0, 0.1) is 0 Å². The van der Waals surface area contributed by atoms with Crippen molar-refractivity contribution in [3.8, 4) is 17.1 Å². The first-order valence-corrected chi connectivity index (χ1v) is 8.76. The summed E-state index contributed by atoms with van der Waals surface area (Å²) < 4.78 is 8.22. The minimum atomic E-state index is -0.344. The van der Waals surface area contributed by atoms with Gasteiger partial charge in [-0.1, -0.05) is 36.9 Å². The van der Waals surface area contributed by atoms with Crippen LogP contribution in [0.15, 0.2) is 47.8 Å². The van der Waals surface area contributed by atoms with Gasteiger partial charge in [0.1, 0.15) is 0 Å². The first-order chi connectivity index (χ1) is 11.8. The number of nitrogens with zero attached hydrogens (tertiary/aromatic N) is 4. The number of thioether (sulfide) groups is 1. The minimum Gasteiger partial charge on any atom is -0.446 e. The number of aromatic nitrogens is 4. The highest BCUT2D eigenvalue weighted by Gasteiger charge is 2.26. The molecule has 0 amide bonds. The van der Waals surface area contributed by atoms with E-state index in [1.54, 1.807) is 11.8 Å². The van der Waals surface area contributed by atoms with Gasteiger partial charge in [-0.3, -0.25) is 0 Å². The fourth-order valence-corrected chi connectivity index (χ4v) is 3.22. The van der Waals surface area contributed by atoms with Crippen molar-refractivity contribution in [2.45, 2.75) is 18.3 Å². The molecule has 0 radical (unpaired) electrons. The Morgan fingerprint density at radius 3 is 2.88 bits per heavy atom. The smallest absolute Gasteiger partial charge is 0.247 e. The van der Waals surface area contributed by atoms with Crippen molar-refractivity contribution >= 4 is 17.4 Å². The Kier molecular flexibility index (Phi) is 3.86. The topological polar surface area (TPSA) is 64.9 Å². The summed E-state index contributed by atoms with van der Waals surface area (Å²) in [4.78, 5) is 4.57. The molecule has 3 heterocycles. The van der Waals surface area contributed by atoms with E-state index >= 15 is 0 Å². The molecule has 1 atom stereocenters. The van der Waals surface area contributed by atoms with Crippen LogP contribution in [0.2, 0.25) is 0 Å². The molecule has 7 heteroatoms. The average molecular weight is 339 g/mol. The van der Waals surface area contributed by atoms with Crippen molar-refractivity contribution < 1.29 is 4.74 Å². The summed E-state index contributed by atoms with van der Waals surface area (Å²) in [5.41, 5.74) is 3.57. The Hall–Kier alpha value is -2.54. The van der Waals surface area contributed by atoms with Crippen LogP contribution in [0.4, 0.5) is 5.69 Å². The van der Waals surface area contributed by atoms with E-state index in [0.717, 1.165) is 22.7 Å². The van der Waals surface area contributed by atoms with Crippen LogP contribution < -0.4 is 10.1 Å². The third-order valence-corrected chi connectivity index (χ3v) is 4.58. The Morgan fingerprint density at radius 2 is 2.08 bits per heavy atom. The van der Waals surface area contributed by atoms with Crippen LogP contribution in [0.3, 0.4) is 0 Å². The molecule has 24 heavy (non-hydrogen) atoms. The quantitative estimate of drug-likeness (QED) is 0.737. The normalized spacial score (nSPS) is 15.7. The highest BCUT2D eigenvalue weighted by atomic mass is 32.2. The number of hydrogen-bond acceptors (Lipinski definition) is 6. The maximum Gasteiger partial charge on any atom is 0.247 e. The van der Waals surface area contributed by atoms with Gasteiger partial charge in [-0.15, -0.1) is 10.2 Å². The van der Waals surface area contributed by atoms with E-state index in [1.165, 1.54) is 0 Å². The number of benzene rings is 1. The Labute approximate surface area is 144 Å². The standard InChI is InChI=1S/C17H17N5OS/c1-3-24-17-19-16-14(20-21-17)11-7-4-5-8-12(11)18-15(23-16)13-9-6-10-22(13)2/h4-10,15,18H,3H2,1-2H3/t15-/m1/s1. The third-order valence-electron chi connectivity index (χ3n) is 3.86. The van der Waals surface area contributed by atoms with Gasteiger partial charge >= 0.3 is 0 Å². The van der Waals surface area contributed by atoms with Gasteiger partial charge in [-0.25, -0.2) is 0 Å². The van der Waals surface area contributed by atoms with E-state index in [4.69, 9.17) is 4.74 Å². The predicted octanol–water partition coefficient (Wildman–Crippen LogP) is 3.49. The zero-order chi connectivity index (χ0) is 16.5. The highest BCUT2D eigenvalue weighted by Crippen LogP contribution is 2.39. The van der Waals surface area contributed by atoms with E-state index in [2.05, 4.69) is 27.4 Å². The van der Waals surface area contributed by atoms with E-state index in [-0.39, 0.29) is 6.23 Å². The largest absolute Gasteiger partial charge is 0.446 e. The van der Waals surface area contributed by atoms with Gasteiger partial charge in [-0.2, -0.15) is 4.98 Å². The molecule has 0 aliphatic carbocycles. The van der Waals surface area contributed by atoms with Crippen molar-refractivity contribution in [1.29, 1.82) is 0 Å². The number of hydrogen-bond donors (Lipinski definition) is 1. The summed E-state index contributed by atoms with van der Waals surface area (Å²) in [5, 5.41) is 12.7. The summed E-state index contributed by atoms with van der Waals surface area (Å²) in [6.45, 7) is 2.06. The van der Waals surface area contributed by atoms with Crippen LogP contribution in [0.25, 0.3) is 11.3 Å². The lowest BCUT2D eigenvalue weighted by molar-refractivity contribution is 0.217. The molecule has 6 nitrogen and oxygen atoms in total. The van der Waals surface area contributed by atoms with E-state index < -0.39 is 0 Å². The van der Waals surface area contributed by atoms with Gasteiger partial charge < -0.3 is 14.6 Å². The summed E-state index contributed by atoms with van der Waals surface area (Å²) in [6, 6.07) is 12.0. The van der Waals surface area contributed by atoms with E-state index in [9.17, 15) is 0 Å². The second-order valence-corrected chi connectivity index (χ2v) is 6.64. The van der Waals surface area contributed by atoms with Crippen LogP contribution in [0.1, 0.15) is 18.8 Å². The first kappa shape index (κ1) is 15.0. The maximum atomic E-state index is 6.19. The van der Waals surface area contributed by atoms with E-state index in [1.807, 2.05) is 54.2 Å². The molecule has 1 aromatic carbocycles. The van der Waals surface area contributed by atoms with Crippen LogP contribution in [0.5, 0.6) is 5.88 Å². The Morgan fingerprint density at radius 1 is 1.21 bits per heavy atom. The number of rotatable bonds is 3. The van der Waals surface area contributed by atoms with Crippen molar-refractivity contribution in [1.82, 2.24) is 19.7 Å². The molecule has 1 N–H and O–H groups in total. The van der Waals surface area contributed by atoms with Gasteiger partial charge in [0.2, 0.25) is 17.3 Å². The highest BCUT2D eigenvalue weighted by molar-refractivity contribution is 7.99. The fraction of sp³-hybridized carbons (Fsp3) is 0.235. The molecule has 0 bridgehead atoms. The maximum absolute atomic E-state index is 6.19. The van der Waals surface area contributed by atoms with E-state index in [0.29, 0.717) is 16.7 Å². The van der Waals surface area contributed by atoms with Crippen LogP contribution in [-0.2, 0) is 7.05 Å². The third kappa shape index (κ3) is 2.60. The zero-order valence-corrected chi connectivity index (χ0v) is 14.2. The van der Waals surface area contributed by atoms with Crippen LogP contribution >= 0.6 is 11.8 Å². The lowest BCUT2D eigenvalue weighted by Gasteiger charge is -2.19. The van der Waals surface area contributed by atoms with Crippen molar-refractivity contribution in [3.05, 3.63) is 48.3 Å². The number of nitrogens with one attached hydrogen (secondary N) is 1. The second-order valence-electron chi connectivity index (χ2n) is 5.41. The minimum absolute atomic E-state index is 0.344. The number of fused-ring (bicyclic) bond motifs is 3. The molecule has 0 unspecified atom stereocenters.